The van der Waals surface area contributed by atoms with Gasteiger partial charge in [-0.2, -0.15) is 0 Å². The minimum atomic E-state index is -2.47. The molecule has 3 rings (SSSR count). The number of hydroxylamine groups is 2. The summed E-state index contributed by atoms with van der Waals surface area (Å²) in [7, 11) is -2.22. The number of nitrogens with zero attached hydrogens (tertiary/aromatic N) is 1. The SMILES string of the molecule is COc1ccc(COC[C@H](C)[C@H]2O[C@]2(C)[C@@H](O[Si](C)(C)C(C)(C)C)[C@@H](CO[Si](C)(C)C(C)(C)C)[C@@H]2OC(C)(C)O[C@@H](CC(=O)N(C)OC)[C@H]2CO[Si](C)(C)C(C)(C)C)cc1. The van der Waals surface area contributed by atoms with Gasteiger partial charge in [0.15, 0.2) is 30.7 Å². The molecule has 0 aliphatic carbocycles. The second kappa shape index (κ2) is 19.5. The Kier molecular flexibility index (Phi) is 17.3. The van der Waals surface area contributed by atoms with E-state index in [4.69, 9.17) is 41.8 Å². The summed E-state index contributed by atoms with van der Waals surface area (Å²) >= 11 is 0. The third-order valence-corrected chi connectivity index (χ3v) is 27.9. The molecule has 0 unspecified atom stereocenters. The molecule has 8 atom stereocenters. The summed E-state index contributed by atoms with van der Waals surface area (Å²) < 4.78 is 54.7. The number of carbonyl (C=O) groups is 1. The third kappa shape index (κ3) is 13.2. The highest BCUT2D eigenvalue weighted by Gasteiger charge is 2.66. The summed E-state index contributed by atoms with van der Waals surface area (Å²) in [6.45, 7) is 44.1. The summed E-state index contributed by atoms with van der Waals surface area (Å²) in [5, 5.41) is 1.11. The summed E-state index contributed by atoms with van der Waals surface area (Å²) in [6.07, 6.45) is -1.48. The van der Waals surface area contributed by atoms with Crippen molar-refractivity contribution in [3.05, 3.63) is 29.8 Å². The van der Waals surface area contributed by atoms with Crippen LogP contribution in [0.4, 0.5) is 0 Å². The highest BCUT2D eigenvalue weighted by molar-refractivity contribution is 6.75. The van der Waals surface area contributed by atoms with Gasteiger partial charge in [0.2, 0.25) is 5.91 Å². The van der Waals surface area contributed by atoms with E-state index in [0.717, 1.165) is 11.3 Å². The Morgan fingerprint density at radius 2 is 1.32 bits per heavy atom. The van der Waals surface area contributed by atoms with Gasteiger partial charge in [0.05, 0.1) is 58.3 Å². The second-order valence-corrected chi connectivity index (χ2v) is 37.1. The molecule has 0 bridgehead atoms. The van der Waals surface area contributed by atoms with Gasteiger partial charge < -0.3 is 37.0 Å². The van der Waals surface area contributed by atoms with Crippen LogP contribution in [-0.2, 0) is 48.5 Å². The third-order valence-electron chi connectivity index (χ3n) is 14.5. The number of methoxy groups -OCH3 is 1. The van der Waals surface area contributed by atoms with Gasteiger partial charge >= 0.3 is 0 Å². The van der Waals surface area contributed by atoms with E-state index in [1.807, 2.05) is 38.1 Å². The number of hydrogen-bond acceptors (Lipinski definition) is 10. The standard InChI is InChI=1S/C46H87NO10Si3/c1-32(28-51-29-33-23-25-34(49-15)26-24-33)40-46(13,56-40)41(57-60(21,22)44(8,9)10)36(31-53-59(19,20)43(5,6)7)39-35(30-52-58(17,18)42(2,3)4)37(54-45(11,12)55-39)27-38(48)47(14)50-16/h23-26,32,35-37,39-41H,27-31H2,1-22H3/t32-,35+,36-,37-,39+,40+,41-,46-/m0/s1. The molecule has 0 aromatic heterocycles. The number of benzene rings is 1. The molecule has 11 nitrogen and oxygen atoms in total. The first-order chi connectivity index (χ1) is 27.1. The highest BCUT2D eigenvalue weighted by Crippen LogP contribution is 2.53. The molecule has 2 aliphatic rings. The van der Waals surface area contributed by atoms with E-state index in [2.05, 4.69) is 115 Å². The Bertz CT molecular complexity index is 1530. The van der Waals surface area contributed by atoms with Gasteiger partial charge in [-0.1, -0.05) is 81.4 Å². The van der Waals surface area contributed by atoms with Crippen LogP contribution in [0.3, 0.4) is 0 Å². The van der Waals surface area contributed by atoms with Gasteiger partial charge in [0.25, 0.3) is 0 Å². The van der Waals surface area contributed by atoms with E-state index in [1.165, 1.54) is 12.2 Å². The van der Waals surface area contributed by atoms with E-state index in [1.54, 1.807) is 14.2 Å². The second-order valence-electron chi connectivity index (χ2n) is 22.7. The smallest absolute Gasteiger partial charge is 0.248 e. The Labute approximate surface area is 368 Å². The lowest BCUT2D eigenvalue weighted by Crippen LogP contribution is -2.62. The van der Waals surface area contributed by atoms with Gasteiger partial charge in [-0.3, -0.25) is 9.63 Å². The van der Waals surface area contributed by atoms with Crippen molar-refractivity contribution in [3.63, 3.8) is 0 Å². The molecule has 0 spiro atoms. The zero-order valence-corrected chi connectivity index (χ0v) is 44.9. The molecule has 2 saturated heterocycles. The van der Waals surface area contributed by atoms with Crippen LogP contribution in [0.25, 0.3) is 0 Å². The predicted molar refractivity (Wildman–Crippen MR) is 249 cm³/mol. The maximum atomic E-state index is 13.7. The lowest BCUT2D eigenvalue weighted by Gasteiger charge is -2.52. The van der Waals surface area contributed by atoms with Crippen LogP contribution in [0, 0.1) is 17.8 Å². The van der Waals surface area contributed by atoms with E-state index < -0.39 is 54.7 Å². The summed E-state index contributed by atoms with van der Waals surface area (Å²) in [5.74, 6) is -0.977. The molecule has 14 heteroatoms. The number of amides is 1. The number of rotatable bonds is 20. The average molecular weight is 898 g/mol. The molecule has 0 radical (unpaired) electrons. The Morgan fingerprint density at radius 1 is 0.783 bits per heavy atom. The van der Waals surface area contributed by atoms with Crippen LogP contribution in [0.15, 0.2) is 24.3 Å². The fourth-order valence-corrected chi connectivity index (χ4v) is 10.6. The summed E-state index contributed by atoms with van der Waals surface area (Å²) in [5.41, 5.74) is 0.400. The zero-order chi connectivity index (χ0) is 46.1. The molecule has 60 heavy (non-hydrogen) atoms. The van der Waals surface area contributed by atoms with Crippen molar-refractivity contribution < 1.29 is 46.6 Å². The van der Waals surface area contributed by atoms with Gasteiger partial charge in [-0.05, 0) is 92.9 Å². The van der Waals surface area contributed by atoms with Gasteiger partial charge in [0.1, 0.15) is 11.4 Å². The highest BCUT2D eigenvalue weighted by atomic mass is 28.4. The molecular weight excluding hydrogens is 811 g/mol. The van der Waals surface area contributed by atoms with Crippen LogP contribution in [0.2, 0.25) is 54.4 Å². The monoisotopic (exact) mass is 898 g/mol. The first-order valence-corrected chi connectivity index (χ1v) is 30.9. The molecule has 1 aromatic rings. The topological polar surface area (TPSA) is 107 Å². The van der Waals surface area contributed by atoms with Crippen molar-refractivity contribution in [1.82, 2.24) is 5.06 Å². The molecular formula is C46H87NO10Si3. The quantitative estimate of drug-likeness (QED) is 0.0713. The number of epoxide rings is 1. The molecule has 0 N–H and O–H groups in total. The number of ether oxygens (including phenoxy) is 5. The first-order valence-electron chi connectivity index (χ1n) is 22.1. The molecule has 2 aliphatic heterocycles. The van der Waals surface area contributed by atoms with Crippen molar-refractivity contribution in [2.24, 2.45) is 17.8 Å². The van der Waals surface area contributed by atoms with Crippen LogP contribution in [0.1, 0.15) is 102 Å². The van der Waals surface area contributed by atoms with E-state index in [-0.39, 0.29) is 51.3 Å². The largest absolute Gasteiger partial charge is 0.497 e. The van der Waals surface area contributed by atoms with Crippen LogP contribution < -0.4 is 4.74 Å². The molecule has 348 valence electrons. The number of hydrogen-bond donors (Lipinski definition) is 0. The summed E-state index contributed by atoms with van der Waals surface area (Å²) in [6, 6.07) is 7.98. The Balaban J connectivity index is 2.20. The molecule has 1 amide bonds. The molecule has 2 fully saturated rings. The van der Waals surface area contributed by atoms with Crippen LogP contribution in [-0.4, -0.2) is 113 Å². The lowest BCUT2D eigenvalue weighted by molar-refractivity contribution is -0.338. The van der Waals surface area contributed by atoms with E-state index >= 15 is 0 Å². The van der Waals surface area contributed by atoms with E-state index in [9.17, 15) is 4.79 Å². The Hall–Kier alpha value is -1.18. The minimum Gasteiger partial charge on any atom is -0.497 e. The fourth-order valence-electron chi connectivity index (χ4n) is 7.15. The van der Waals surface area contributed by atoms with Crippen molar-refractivity contribution >= 4 is 30.9 Å². The first kappa shape index (κ1) is 53.2. The van der Waals surface area contributed by atoms with Gasteiger partial charge in [-0.25, -0.2) is 5.06 Å². The van der Waals surface area contributed by atoms with Crippen molar-refractivity contribution in [2.45, 2.75) is 193 Å². The number of carbonyl (C=O) groups excluding carboxylic acids is 1. The van der Waals surface area contributed by atoms with E-state index in [0.29, 0.717) is 26.4 Å². The van der Waals surface area contributed by atoms with Crippen molar-refractivity contribution in [3.8, 4) is 5.75 Å². The summed E-state index contributed by atoms with van der Waals surface area (Å²) in [4.78, 5) is 19.1. The molecule has 2 heterocycles. The Morgan fingerprint density at radius 3 is 1.82 bits per heavy atom. The maximum absolute atomic E-state index is 13.7. The van der Waals surface area contributed by atoms with Crippen molar-refractivity contribution in [2.75, 3.05) is 41.1 Å². The zero-order valence-electron chi connectivity index (χ0n) is 41.9. The van der Waals surface area contributed by atoms with Crippen LogP contribution >= 0.6 is 0 Å². The minimum absolute atomic E-state index is 0.0350. The van der Waals surface area contributed by atoms with Crippen LogP contribution in [0.5, 0.6) is 5.75 Å². The fraction of sp³-hybridized carbons (Fsp3) is 0.848. The van der Waals surface area contributed by atoms with Gasteiger partial charge in [0, 0.05) is 38.0 Å². The maximum Gasteiger partial charge on any atom is 0.248 e. The predicted octanol–water partition coefficient (Wildman–Crippen LogP) is 10.6. The molecule has 1 aromatic carbocycles. The lowest BCUT2D eigenvalue weighted by atomic mass is 9.77. The van der Waals surface area contributed by atoms with Gasteiger partial charge in [-0.15, -0.1) is 0 Å². The normalized spacial score (nSPS) is 25.7. The molecule has 0 saturated carbocycles. The van der Waals surface area contributed by atoms with Crippen molar-refractivity contribution in [1.29, 1.82) is 0 Å². The average Bonchev–Trinajstić information content (AvgIpc) is 3.81.